The lowest BCUT2D eigenvalue weighted by atomic mass is 9.87. The number of ether oxygens (including phenoxy) is 2. The molecule has 50 heavy (non-hydrogen) atoms. The Balaban J connectivity index is 1.45. The minimum Gasteiger partial charge on any atom is -0.475 e. The number of hydrogen-bond acceptors (Lipinski definition) is 10. The Morgan fingerprint density at radius 1 is 1.00 bits per heavy atom. The molecule has 4 bridgehead atoms. The van der Waals surface area contributed by atoms with Gasteiger partial charge in [-0.3, -0.25) is 9.78 Å². The Kier molecular flexibility index (Phi) is 10.1. The third-order valence-corrected chi connectivity index (χ3v) is 10.4. The number of sulfonamides is 1. The molecule has 1 saturated heterocycles. The van der Waals surface area contributed by atoms with Gasteiger partial charge in [-0.15, -0.1) is 0 Å². The molecule has 4 heterocycles. The lowest BCUT2D eigenvalue weighted by Gasteiger charge is -2.35. The second-order valence-electron chi connectivity index (χ2n) is 14.3. The van der Waals surface area contributed by atoms with Crippen molar-refractivity contribution in [1.29, 1.82) is 0 Å². The van der Waals surface area contributed by atoms with Crippen molar-refractivity contribution in [1.82, 2.24) is 24.8 Å². The summed E-state index contributed by atoms with van der Waals surface area (Å²) >= 11 is 0. The Morgan fingerprint density at radius 3 is 2.50 bits per heavy atom. The summed E-state index contributed by atoms with van der Waals surface area (Å²) in [4.78, 5) is 37.0. The van der Waals surface area contributed by atoms with Crippen LogP contribution < -0.4 is 14.4 Å². The molecule has 0 radical (unpaired) electrons. The highest BCUT2D eigenvalue weighted by molar-refractivity contribution is 7.92. The first-order valence-electron chi connectivity index (χ1n) is 16.9. The smallest absolute Gasteiger partial charge is 0.264 e. The van der Waals surface area contributed by atoms with Crippen LogP contribution in [0.5, 0.6) is 5.88 Å². The Hall–Kier alpha value is -4.62. The zero-order chi connectivity index (χ0) is 35.6. The standard InChI is InChI=1S/C37H45N7O5S/c1-24-10-7-11-25(2)34(24)31-17-33-41-36(40-31)42-50(46,47)30-14-8-12-26(16-30)35(45)44(29(23-49-33)18-37(3,4)5)21-27-19-38-20-32(39-27)43-15-9-13-28(43)22-48-6/h7-8,10-12,14,16-17,19-20,28-29H,9,13,15,18,21-23H2,1-6H3,(H,40,41,42)/t28-,29-/m1/s1. The van der Waals surface area contributed by atoms with E-state index < -0.39 is 16.1 Å². The first kappa shape index (κ1) is 35.2. The number of carbonyl (C=O) groups is 1. The van der Waals surface area contributed by atoms with Crippen LogP contribution in [-0.4, -0.2) is 78.1 Å². The van der Waals surface area contributed by atoms with Gasteiger partial charge in [0.1, 0.15) is 12.4 Å². The van der Waals surface area contributed by atoms with E-state index in [-0.39, 0.29) is 52.8 Å². The number of anilines is 2. The molecule has 0 aliphatic carbocycles. The number of nitrogens with zero attached hydrogens (tertiary/aromatic N) is 6. The van der Waals surface area contributed by atoms with Crippen LogP contribution in [0.3, 0.4) is 0 Å². The van der Waals surface area contributed by atoms with Gasteiger partial charge in [0.2, 0.25) is 11.8 Å². The molecule has 1 N–H and O–H groups in total. The van der Waals surface area contributed by atoms with Gasteiger partial charge in [-0.2, -0.15) is 4.98 Å². The van der Waals surface area contributed by atoms with Crippen LogP contribution in [-0.2, 0) is 21.3 Å². The molecule has 1 amide bonds. The number of rotatable bonds is 7. The Labute approximate surface area is 294 Å². The lowest BCUT2D eigenvalue weighted by molar-refractivity contribution is 0.0509. The van der Waals surface area contributed by atoms with Crippen molar-refractivity contribution in [2.75, 3.05) is 36.5 Å². The predicted octanol–water partition coefficient (Wildman–Crippen LogP) is 5.81. The number of carbonyl (C=O) groups excluding carboxylic acids is 1. The summed E-state index contributed by atoms with van der Waals surface area (Å²) in [7, 11) is -2.49. The van der Waals surface area contributed by atoms with Crippen LogP contribution in [0, 0.1) is 19.3 Å². The summed E-state index contributed by atoms with van der Waals surface area (Å²) in [5.41, 5.74) is 3.95. The quantitative estimate of drug-likeness (QED) is 0.252. The SMILES string of the molecule is COC[C@H]1CCCN1c1cncc(CN2C(=O)c3cccc(c3)S(=O)(=O)Nc3nc(cc(-c4c(C)cccc4C)n3)OC[C@H]2CC(C)(C)C)n1. The molecule has 2 aromatic heterocycles. The van der Waals surface area contributed by atoms with Crippen LogP contribution in [0.2, 0.25) is 0 Å². The molecule has 0 saturated carbocycles. The molecule has 13 heteroatoms. The molecule has 2 aliphatic heterocycles. The second-order valence-corrected chi connectivity index (χ2v) is 16.0. The molecular weight excluding hydrogens is 655 g/mol. The summed E-state index contributed by atoms with van der Waals surface area (Å²) in [5.74, 6) is 0.447. The van der Waals surface area contributed by atoms with Gasteiger partial charge < -0.3 is 19.3 Å². The molecule has 4 aromatic rings. The first-order chi connectivity index (χ1) is 23.8. The van der Waals surface area contributed by atoms with Gasteiger partial charge in [0, 0.05) is 30.8 Å². The molecular formula is C37H45N7O5S. The van der Waals surface area contributed by atoms with E-state index >= 15 is 0 Å². The van der Waals surface area contributed by atoms with Crippen LogP contribution in [0.1, 0.15) is 67.2 Å². The number of methoxy groups -OCH3 is 1. The van der Waals surface area contributed by atoms with Crippen LogP contribution >= 0.6 is 0 Å². The Morgan fingerprint density at radius 2 is 1.76 bits per heavy atom. The largest absolute Gasteiger partial charge is 0.475 e. The molecule has 12 nitrogen and oxygen atoms in total. The van der Waals surface area contributed by atoms with Crippen molar-refractivity contribution >= 4 is 27.7 Å². The van der Waals surface area contributed by atoms with Gasteiger partial charge in [-0.05, 0) is 67.9 Å². The summed E-state index contributed by atoms with van der Waals surface area (Å²) < 4.78 is 41.9. The number of benzene rings is 2. The maximum atomic E-state index is 14.6. The molecule has 1 fully saturated rings. The van der Waals surface area contributed by atoms with Gasteiger partial charge in [0.15, 0.2) is 0 Å². The van der Waals surface area contributed by atoms with Crippen LogP contribution in [0.4, 0.5) is 11.8 Å². The number of aromatic nitrogens is 4. The Bertz CT molecular complexity index is 1960. The van der Waals surface area contributed by atoms with Gasteiger partial charge in [-0.1, -0.05) is 45.0 Å². The van der Waals surface area contributed by atoms with Gasteiger partial charge in [0.05, 0.1) is 53.9 Å². The normalized spacial score (nSPS) is 19.2. The van der Waals surface area contributed by atoms with Crippen molar-refractivity contribution in [2.45, 2.75) is 77.4 Å². The molecule has 264 valence electrons. The van der Waals surface area contributed by atoms with Crippen LogP contribution in [0.15, 0.2) is 65.8 Å². The molecule has 6 rings (SSSR count). The first-order valence-corrected chi connectivity index (χ1v) is 18.4. The number of aryl methyl sites for hydroxylation is 2. The number of fused-ring (bicyclic) bond motifs is 4. The fraction of sp³-hybridized carbons (Fsp3) is 0.432. The van der Waals surface area contributed by atoms with E-state index in [2.05, 4.69) is 45.3 Å². The average molecular weight is 700 g/mol. The molecule has 2 atom stereocenters. The van der Waals surface area contributed by atoms with Crippen molar-refractivity contribution in [2.24, 2.45) is 5.41 Å². The van der Waals surface area contributed by atoms with Gasteiger partial charge >= 0.3 is 0 Å². The molecule has 0 spiro atoms. The van der Waals surface area contributed by atoms with Crippen molar-refractivity contribution in [3.63, 3.8) is 0 Å². The van der Waals surface area contributed by atoms with E-state index in [1.807, 2.05) is 32.0 Å². The predicted molar refractivity (Wildman–Crippen MR) is 192 cm³/mol. The fourth-order valence-corrected chi connectivity index (χ4v) is 7.82. The maximum absolute atomic E-state index is 14.6. The number of hydrogen-bond donors (Lipinski definition) is 1. The highest BCUT2D eigenvalue weighted by Crippen LogP contribution is 2.32. The maximum Gasteiger partial charge on any atom is 0.264 e. The highest BCUT2D eigenvalue weighted by Gasteiger charge is 2.33. The summed E-state index contributed by atoms with van der Waals surface area (Å²) in [6.07, 6.45) is 6.02. The van der Waals surface area contributed by atoms with Gasteiger partial charge in [-0.25, -0.2) is 23.1 Å². The van der Waals surface area contributed by atoms with E-state index in [1.165, 1.54) is 12.1 Å². The van der Waals surface area contributed by atoms with E-state index in [0.717, 1.165) is 41.9 Å². The van der Waals surface area contributed by atoms with Crippen molar-refractivity contribution < 1.29 is 22.7 Å². The summed E-state index contributed by atoms with van der Waals surface area (Å²) in [6.45, 7) is 11.9. The van der Waals surface area contributed by atoms with E-state index in [4.69, 9.17) is 14.5 Å². The average Bonchev–Trinajstić information content (AvgIpc) is 3.53. The fourth-order valence-electron chi connectivity index (χ4n) is 6.83. The van der Waals surface area contributed by atoms with Crippen LogP contribution in [0.25, 0.3) is 11.3 Å². The summed E-state index contributed by atoms with van der Waals surface area (Å²) in [5, 5.41) is 0. The monoisotopic (exact) mass is 699 g/mol. The highest BCUT2D eigenvalue weighted by atomic mass is 32.2. The lowest BCUT2D eigenvalue weighted by Crippen LogP contribution is -2.45. The third-order valence-electron chi connectivity index (χ3n) is 9.06. The zero-order valence-corrected chi connectivity index (χ0v) is 30.3. The molecule has 2 aromatic carbocycles. The third kappa shape index (κ3) is 7.89. The van der Waals surface area contributed by atoms with E-state index in [9.17, 15) is 13.2 Å². The number of nitrogens with one attached hydrogen (secondary N) is 1. The molecule has 0 unspecified atom stereocenters. The van der Waals surface area contributed by atoms with E-state index in [1.54, 1.807) is 42.6 Å². The van der Waals surface area contributed by atoms with Crippen molar-refractivity contribution in [3.05, 3.63) is 83.3 Å². The topological polar surface area (TPSA) is 140 Å². The van der Waals surface area contributed by atoms with Gasteiger partial charge in [0.25, 0.3) is 15.9 Å². The second kappa shape index (κ2) is 14.3. The van der Waals surface area contributed by atoms with E-state index in [0.29, 0.717) is 24.4 Å². The number of amides is 1. The van der Waals surface area contributed by atoms with Crippen molar-refractivity contribution in [3.8, 4) is 17.1 Å². The minimum atomic E-state index is -4.18. The molecule has 2 aliphatic rings. The zero-order valence-electron chi connectivity index (χ0n) is 29.5. The summed E-state index contributed by atoms with van der Waals surface area (Å²) in [6, 6.07) is 13.4. The minimum absolute atomic E-state index is 0.0848.